The second-order valence-electron chi connectivity index (χ2n) is 9.30. The van der Waals surface area contributed by atoms with Gasteiger partial charge in [0, 0.05) is 13.1 Å². The van der Waals surface area contributed by atoms with Crippen molar-refractivity contribution >= 4 is 43.4 Å². The van der Waals surface area contributed by atoms with Crippen molar-refractivity contribution < 1.29 is 9.88 Å². The molecule has 5 heterocycles. The van der Waals surface area contributed by atoms with Gasteiger partial charge in [-0.1, -0.05) is 0 Å². The fourth-order valence-corrected chi connectivity index (χ4v) is 6.76. The number of aromatic amines is 1. The van der Waals surface area contributed by atoms with Crippen LogP contribution in [0.4, 0.5) is 11.6 Å². The summed E-state index contributed by atoms with van der Waals surface area (Å²) in [5, 5.41) is 1.35. The standard InChI is InChI=1S/C23H30N6S/c1-27-11-13-29(14-12-27)22-20-19(24-15-25-22)18-16-7-3-4-8-17(16)21(26-23(18)30-20)28-9-5-2-6-10-28/h15H,2-14H2,1H3/p+2. The zero-order chi connectivity index (χ0) is 20.1. The molecule has 0 radical (unpaired) electrons. The number of piperidine rings is 1. The number of quaternary nitrogens is 1. The van der Waals surface area contributed by atoms with Crippen LogP contribution < -0.4 is 19.7 Å². The summed E-state index contributed by atoms with van der Waals surface area (Å²) < 4.78 is 1.29. The number of H-pyrrole nitrogens is 1. The molecule has 1 aliphatic carbocycles. The molecular formula is C23H32N6S+2. The zero-order valence-electron chi connectivity index (χ0n) is 18.0. The van der Waals surface area contributed by atoms with E-state index in [1.54, 1.807) is 10.5 Å². The van der Waals surface area contributed by atoms with Crippen LogP contribution in [-0.4, -0.2) is 56.3 Å². The van der Waals surface area contributed by atoms with Gasteiger partial charge in [-0.15, -0.1) is 16.3 Å². The van der Waals surface area contributed by atoms with Gasteiger partial charge >= 0.3 is 0 Å². The van der Waals surface area contributed by atoms with Crippen molar-refractivity contribution in [2.75, 3.05) is 56.1 Å². The summed E-state index contributed by atoms with van der Waals surface area (Å²) in [4.78, 5) is 21.6. The maximum atomic E-state index is 5.32. The van der Waals surface area contributed by atoms with Gasteiger partial charge in [0.05, 0.1) is 12.4 Å². The molecule has 3 aliphatic rings. The van der Waals surface area contributed by atoms with E-state index < -0.39 is 0 Å². The maximum absolute atomic E-state index is 5.32. The zero-order valence-corrected chi connectivity index (χ0v) is 18.8. The van der Waals surface area contributed by atoms with E-state index in [2.05, 4.69) is 21.8 Å². The quantitative estimate of drug-likeness (QED) is 0.682. The lowest BCUT2D eigenvalue weighted by atomic mass is 9.89. The summed E-state index contributed by atoms with van der Waals surface area (Å²) in [6, 6.07) is 0. The number of hydrogen-bond donors (Lipinski definition) is 1. The third-order valence-corrected chi connectivity index (χ3v) is 8.39. The summed E-state index contributed by atoms with van der Waals surface area (Å²) in [5.41, 5.74) is 4.24. The van der Waals surface area contributed by atoms with Crippen molar-refractivity contribution in [2.24, 2.45) is 0 Å². The summed E-state index contributed by atoms with van der Waals surface area (Å²) in [6.07, 6.45) is 10.8. The van der Waals surface area contributed by atoms with Crippen molar-refractivity contribution in [1.82, 2.24) is 9.97 Å². The lowest BCUT2D eigenvalue weighted by molar-refractivity contribution is -0.880. The molecule has 0 aromatic carbocycles. The van der Waals surface area contributed by atoms with Gasteiger partial charge in [-0.05, 0) is 56.1 Å². The molecule has 0 bridgehead atoms. The van der Waals surface area contributed by atoms with Gasteiger partial charge < -0.3 is 9.80 Å². The Morgan fingerprint density at radius 3 is 2.50 bits per heavy atom. The first-order chi connectivity index (χ1) is 14.8. The number of nitrogens with zero attached hydrogens (tertiary/aromatic N) is 4. The number of fused-ring (bicyclic) bond motifs is 5. The Kier molecular flexibility index (Phi) is 4.76. The Labute approximate surface area is 181 Å². The van der Waals surface area contributed by atoms with Crippen molar-refractivity contribution in [3.05, 3.63) is 17.5 Å². The molecule has 0 spiro atoms. The molecule has 0 amide bonds. The minimum Gasteiger partial charge on any atom is -0.356 e. The molecule has 3 aromatic rings. The van der Waals surface area contributed by atoms with Crippen LogP contribution in [0.3, 0.4) is 0 Å². The predicted octanol–water partition coefficient (Wildman–Crippen LogP) is 1.86. The number of anilines is 2. The number of likely N-dealkylation sites (N-methyl/N-ethyl adjacent to an activating group) is 1. The summed E-state index contributed by atoms with van der Waals surface area (Å²) >= 11 is 1.85. The molecule has 2 aliphatic heterocycles. The van der Waals surface area contributed by atoms with E-state index in [-0.39, 0.29) is 0 Å². The number of pyridine rings is 1. The van der Waals surface area contributed by atoms with Crippen molar-refractivity contribution in [2.45, 2.75) is 44.9 Å². The second-order valence-corrected chi connectivity index (χ2v) is 10.3. The van der Waals surface area contributed by atoms with Gasteiger partial charge in [-0.2, -0.15) is 0 Å². The van der Waals surface area contributed by atoms with Crippen LogP contribution in [-0.2, 0) is 12.8 Å². The Morgan fingerprint density at radius 2 is 1.70 bits per heavy atom. The minimum absolute atomic E-state index is 1.10. The first-order valence-electron chi connectivity index (χ1n) is 11.8. The summed E-state index contributed by atoms with van der Waals surface area (Å²) in [7, 11) is 2.29. The second kappa shape index (κ2) is 7.61. The first-order valence-corrected chi connectivity index (χ1v) is 12.6. The van der Waals surface area contributed by atoms with Crippen LogP contribution in [0.2, 0.25) is 0 Å². The van der Waals surface area contributed by atoms with Crippen LogP contribution in [0.25, 0.3) is 20.4 Å². The van der Waals surface area contributed by atoms with Gasteiger partial charge in [0.25, 0.3) is 0 Å². The minimum atomic E-state index is 1.10. The van der Waals surface area contributed by atoms with Gasteiger partial charge in [0.2, 0.25) is 12.1 Å². The Hall–Kier alpha value is -1.99. The highest BCUT2D eigenvalue weighted by molar-refractivity contribution is 7.26. The molecule has 6 nitrogen and oxygen atoms in total. The number of aryl methyl sites for hydroxylation is 1. The van der Waals surface area contributed by atoms with Crippen LogP contribution in [0.5, 0.6) is 0 Å². The molecule has 2 saturated heterocycles. The normalized spacial score (nSPS) is 20.8. The monoisotopic (exact) mass is 424 g/mol. The van der Waals surface area contributed by atoms with Gasteiger partial charge in [-0.25, -0.2) is 9.97 Å². The molecular weight excluding hydrogens is 392 g/mol. The van der Waals surface area contributed by atoms with Gasteiger partial charge in [-0.3, -0.25) is 4.90 Å². The van der Waals surface area contributed by atoms with Crippen LogP contribution in [0, 0.1) is 0 Å². The molecule has 30 heavy (non-hydrogen) atoms. The molecule has 0 saturated carbocycles. The number of piperazine rings is 1. The van der Waals surface area contributed by atoms with E-state index in [0.29, 0.717) is 0 Å². The number of rotatable bonds is 2. The predicted molar refractivity (Wildman–Crippen MR) is 123 cm³/mol. The van der Waals surface area contributed by atoms with Crippen molar-refractivity contribution in [3.63, 3.8) is 0 Å². The van der Waals surface area contributed by atoms with E-state index in [1.807, 2.05) is 17.7 Å². The molecule has 0 unspecified atom stereocenters. The number of aromatic nitrogens is 3. The summed E-state index contributed by atoms with van der Waals surface area (Å²) in [5.74, 6) is 2.54. The lowest BCUT2D eigenvalue weighted by Gasteiger charge is -2.31. The number of hydrogen-bond acceptors (Lipinski definition) is 5. The fraction of sp³-hybridized carbons (Fsp3) is 0.609. The van der Waals surface area contributed by atoms with Crippen LogP contribution in [0.15, 0.2) is 6.33 Å². The molecule has 7 heteroatoms. The highest BCUT2D eigenvalue weighted by Crippen LogP contribution is 2.43. The van der Waals surface area contributed by atoms with E-state index in [9.17, 15) is 0 Å². The van der Waals surface area contributed by atoms with Crippen molar-refractivity contribution in [1.29, 1.82) is 0 Å². The van der Waals surface area contributed by atoms with E-state index in [1.165, 1.54) is 95.7 Å². The van der Waals surface area contributed by atoms with Gasteiger partial charge in [0.1, 0.15) is 41.5 Å². The average molecular weight is 425 g/mol. The average Bonchev–Trinajstić information content (AvgIpc) is 3.19. The van der Waals surface area contributed by atoms with E-state index in [4.69, 9.17) is 9.97 Å². The Morgan fingerprint density at radius 1 is 0.933 bits per heavy atom. The third-order valence-electron chi connectivity index (χ3n) is 7.31. The SMILES string of the molecule is C[NH+]1CCN(c2[nH+]cnc3c2sc2nc(N4CCCCC4)c4c(c23)CCCC4)CC1. The largest absolute Gasteiger partial charge is 0.356 e. The molecule has 2 N–H and O–H groups in total. The molecule has 0 atom stereocenters. The topological polar surface area (TPSA) is 50.8 Å². The molecule has 6 rings (SSSR count). The van der Waals surface area contributed by atoms with Crippen LogP contribution >= 0.6 is 11.3 Å². The van der Waals surface area contributed by atoms with Crippen molar-refractivity contribution in [3.8, 4) is 0 Å². The molecule has 3 aromatic heterocycles. The third kappa shape index (κ3) is 3.05. The van der Waals surface area contributed by atoms with Gasteiger partial charge in [0.15, 0.2) is 5.52 Å². The lowest BCUT2D eigenvalue weighted by Crippen LogP contribution is -3.12. The Balaban J connectivity index is 1.53. The van der Waals surface area contributed by atoms with Crippen LogP contribution in [0.1, 0.15) is 43.2 Å². The fourth-order valence-electron chi connectivity index (χ4n) is 5.57. The summed E-state index contributed by atoms with van der Waals surface area (Å²) in [6.45, 7) is 6.90. The number of nitrogens with one attached hydrogen (secondary N) is 2. The highest BCUT2D eigenvalue weighted by Gasteiger charge is 2.30. The first kappa shape index (κ1) is 18.8. The smallest absolute Gasteiger partial charge is 0.243 e. The Bertz CT molecular complexity index is 1080. The highest BCUT2D eigenvalue weighted by atomic mass is 32.1. The van der Waals surface area contributed by atoms with E-state index >= 15 is 0 Å². The number of thiophene rings is 1. The van der Waals surface area contributed by atoms with E-state index in [0.717, 1.165) is 26.2 Å². The molecule has 2 fully saturated rings. The molecule has 158 valence electrons. The maximum Gasteiger partial charge on any atom is 0.243 e.